The molecule has 1 saturated heterocycles. The Labute approximate surface area is 161 Å². The van der Waals surface area contributed by atoms with Crippen LogP contribution < -0.4 is 20.7 Å². The van der Waals surface area contributed by atoms with Crippen LogP contribution in [0.4, 0.5) is 16.8 Å². The van der Waals surface area contributed by atoms with Crippen molar-refractivity contribution in [2.45, 2.75) is 18.9 Å². The lowest BCUT2D eigenvalue weighted by molar-refractivity contribution is 0.157. The predicted molar refractivity (Wildman–Crippen MR) is 106 cm³/mol. The van der Waals surface area contributed by atoms with Crippen molar-refractivity contribution >= 4 is 28.3 Å². The second kappa shape index (κ2) is 7.89. The van der Waals surface area contributed by atoms with Crippen LogP contribution in [0.15, 0.2) is 24.7 Å². The number of nitrogens with one attached hydrogen (secondary N) is 3. The van der Waals surface area contributed by atoms with Gasteiger partial charge in [-0.25, -0.2) is 4.98 Å². The van der Waals surface area contributed by atoms with Crippen molar-refractivity contribution < 1.29 is 4.74 Å². The molecule has 1 aliphatic rings. The first-order chi connectivity index (χ1) is 13.2. The van der Waals surface area contributed by atoms with Crippen LogP contribution in [0.1, 0.15) is 12.8 Å². The van der Waals surface area contributed by atoms with E-state index in [0.717, 1.165) is 47.9 Å². The fourth-order valence-electron chi connectivity index (χ4n) is 2.97. The van der Waals surface area contributed by atoms with Crippen molar-refractivity contribution in [2.24, 2.45) is 7.05 Å². The monoisotopic (exact) mass is 386 g/mol. The van der Waals surface area contributed by atoms with Gasteiger partial charge in [-0.2, -0.15) is 14.5 Å². The summed E-state index contributed by atoms with van der Waals surface area (Å²) in [6, 6.07) is 1.89. The van der Waals surface area contributed by atoms with Crippen LogP contribution in [0, 0.1) is 0 Å². The fourth-order valence-corrected chi connectivity index (χ4v) is 3.55. The van der Waals surface area contributed by atoms with Crippen LogP contribution in [0.25, 0.3) is 11.1 Å². The molecule has 0 aliphatic carbocycles. The number of aryl methyl sites for hydroxylation is 1. The highest BCUT2D eigenvalue weighted by molar-refractivity contribution is 7.10. The lowest BCUT2D eigenvalue weighted by Crippen LogP contribution is -2.34. The molecule has 3 aromatic rings. The van der Waals surface area contributed by atoms with E-state index in [4.69, 9.17) is 4.74 Å². The SMILES string of the molecule is CNc1nc(Nc2cc(OC3CCNCC3)ns2)ncc1-c1cnn(C)c1. The molecule has 0 unspecified atom stereocenters. The van der Waals surface area contributed by atoms with E-state index < -0.39 is 0 Å². The third-order valence-corrected chi connectivity index (χ3v) is 5.03. The van der Waals surface area contributed by atoms with E-state index in [1.165, 1.54) is 11.5 Å². The molecule has 4 heterocycles. The van der Waals surface area contributed by atoms with Crippen molar-refractivity contribution in [3.8, 4) is 17.0 Å². The van der Waals surface area contributed by atoms with Gasteiger partial charge in [-0.1, -0.05) is 0 Å². The predicted octanol–water partition coefficient (Wildman–Crippen LogP) is 2.25. The maximum atomic E-state index is 5.95. The Balaban J connectivity index is 1.46. The van der Waals surface area contributed by atoms with Crippen molar-refractivity contribution in [1.29, 1.82) is 0 Å². The third kappa shape index (κ3) is 4.17. The van der Waals surface area contributed by atoms with Gasteiger partial charge in [0, 0.05) is 43.7 Å². The quantitative estimate of drug-likeness (QED) is 0.593. The standard InChI is InChI=1S/C17H22N8OS/c1-18-16-13(11-8-21-25(2)10-11)9-20-17(23-16)22-15-7-14(24-27-15)26-12-3-5-19-6-4-12/h7-10,12,19H,3-6H2,1-2H3,(H2,18,20,22,23). The highest BCUT2D eigenvalue weighted by Gasteiger charge is 2.16. The maximum Gasteiger partial charge on any atom is 0.229 e. The van der Waals surface area contributed by atoms with Gasteiger partial charge >= 0.3 is 0 Å². The number of aromatic nitrogens is 5. The number of anilines is 3. The average molecular weight is 386 g/mol. The van der Waals surface area contributed by atoms with E-state index in [-0.39, 0.29) is 6.10 Å². The molecule has 27 heavy (non-hydrogen) atoms. The number of rotatable bonds is 6. The summed E-state index contributed by atoms with van der Waals surface area (Å²) in [7, 11) is 3.72. The molecule has 1 aliphatic heterocycles. The molecule has 0 amide bonds. The Morgan fingerprint density at radius 3 is 2.89 bits per heavy atom. The van der Waals surface area contributed by atoms with Crippen LogP contribution in [-0.2, 0) is 7.05 Å². The molecule has 0 atom stereocenters. The van der Waals surface area contributed by atoms with Crippen molar-refractivity contribution in [3.05, 3.63) is 24.7 Å². The zero-order chi connectivity index (χ0) is 18.6. The number of hydrogen-bond acceptors (Lipinski definition) is 9. The molecule has 10 heteroatoms. The van der Waals surface area contributed by atoms with E-state index in [1.807, 2.05) is 26.4 Å². The van der Waals surface area contributed by atoms with Gasteiger partial charge in [-0.05, 0) is 37.5 Å². The van der Waals surface area contributed by atoms with Gasteiger partial charge in [0.2, 0.25) is 11.8 Å². The normalized spacial score (nSPS) is 14.9. The summed E-state index contributed by atoms with van der Waals surface area (Å²) >= 11 is 1.33. The third-order valence-electron chi connectivity index (χ3n) is 4.34. The summed E-state index contributed by atoms with van der Waals surface area (Å²) < 4.78 is 12.1. The molecule has 0 spiro atoms. The van der Waals surface area contributed by atoms with E-state index in [9.17, 15) is 0 Å². The van der Waals surface area contributed by atoms with Crippen LogP contribution in [-0.4, -0.2) is 50.4 Å². The summed E-state index contributed by atoms with van der Waals surface area (Å²) in [6.07, 6.45) is 7.74. The van der Waals surface area contributed by atoms with Gasteiger partial charge in [-0.3, -0.25) is 4.68 Å². The van der Waals surface area contributed by atoms with E-state index in [0.29, 0.717) is 11.8 Å². The van der Waals surface area contributed by atoms with E-state index in [1.54, 1.807) is 17.1 Å². The Morgan fingerprint density at radius 2 is 2.15 bits per heavy atom. The summed E-state index contributed by atoms with van der Waals surface area (Å²) in [6.45, 7) is 1.98. The number of piperidine rings is 1. The summed E-state index contributed by atoms with van der Waals surface area (Å²) in [5.41, 5.74) is 1.86. The molecule has 0 aromatic carbocycles. The molecule has 4 rings (SSSR count). The molecular weight excluding hydrogens is 364 g/mol. The van der Waals surface area contributed by atoms with Gasteiger partial charge in [0.25, 0.3) is 0 Å². The van der Waals surface area contributed by atoms with Crippen LogP contribution >= 0.6 is 11.5 Å². The average Bonchev–Trinajstić information content (AvgIpc) is 3.31. The number of nitrogens with zero attached hydrogens (tertiary/aromatic N) is 5. The zero-order valence-corrected chi connectivity index (χ0v) is 16.1. The molecule has 3 N–H and O–H groups in total. The Kier molecular flexibility index (Phi) is 5.16. The van der Waals surface area contributed by atoms with Gasteiger partial charge in [0.05, 0.1) is 6.20 Å². The Bertz CT molecular complexity index is 902. The molecule has 9 nitrogen and oxygen atoms in total. The first kappa shape index (κ1) is 17.7. The molecule has 3 aromatic heterocycles. The molecule has 0 radical (unpaired) electrons. The minimum atomic E-state index is 0.229. The minimum absolute atomic E-state index is 0.229. The van der Waals surface area contributed by atoms with Crippen LogP contribution in [0.5, 0.6) is 5.88 Å². The summed E-state index contributed by atoms with van der Waals surface area (Å²) in [5.74, 6) is 1.88. The van der Waals surface area contributed by atoms with Gasteiger partial charge < -0.3 is 20.7 Å². The molecule has 0 saturated carbocycles. The summed E-state index contributed by atoms with van der Waals surface area (Å²) in [5, 5.41) is 14.7. The highest BCUT2D eigenvalue weighted by atomic mass is 32.1. The van der Waals surface area contributed by atoms with Crippen molar-refractivity contribution in [2.75, 3.05) is 30.8 Å². The van der Waals surface area contributed by atoms with Crippen LogP contribution in [0.2, 0.25) is 0 Å². The topological polar surface area (TPSA) is 102 Å². The van der Waals surface area contributed by atoms with Crippen molar-refractivity contribution in [1.82, 2.24) is 29.4 Å². The summed E-state index contributed by atoms with van der Waals surface area (Å²) in [4.78, 5) is 8.98. The lowest BCUT2D eigenvalue weighted by atomic mass is 10.1. The fraction of sp³-hybridized carbons (Fsp3) is 0.412. The lowest BCUT2D eigenvalue weighted by Gasteiger charge is -2.22. The largest absolute Gasteiger partial charge is 0.474 e. The maximum absolute atomic E-state index is 5.95. The molecule has 0 bridgehead atoms. The Hall–Kier alpha value is -2.72. The van der Waals surface area contributed by atoms with Crippen LogP contribution in [0.3, 0.4) is 0 Å². The second-order valence-electron chi connectivity index (χ2n) is 6.33. The number of hydrogen-bond donors (Lipinski definition) is 3. The van der Waals surface area contributed by atoms with Crippen molar-refractivity contribution in [3.63, 3.8) is 0 Å². The minimum Gasteiger partial charge on any atom is -0.474 e. The van der Waals surface area contributed by atoms with E-state index >= 15 is 0 Å². The second-order valence-corrected chi connectivity index (χ2v) is 7.14. The Morgan fingerprint density at radius 1 is 1.30 bits per heavy atom. The number of ether oxygens (including phenoxy) is 1. The molecular formula is C17H22N8OS. The van der Waals surface area contributed by atoms with Gasteiger partial charge in [0.1, 0.15) is 16.9 Å². The first-order valence-corrected chi connectivity index (χ1v) is 9.63. The first-order valence-electron chi connectivity index (χ1n) is 8.86. The van der Waals surface area contributed by atoms with E-state index in [2.05, 4.69) is 35.4 Å². The zero-order valence-electron chi connectivity index (χ0n) is 15.3. The highest BCUT2D eigenvalue weighted by Crippen LogP contribution is 2.29. The molecule has 1 fully saturated rings. The molecule has 142 valence electrons. The van der Waals surface area contributed by atoms with Gasteiger partial charge in [0.15, 0.2) is 0 Å². The van der Waals surface area contributed by atoms with Gasteiger partial charge in [-0.15, -0.1) is 0 Å². The smallest absolute Gasteiger partial charge is 0.229 e.